The summed E-state index contributed by atoms with van der Waals surface area (Å²) >= 11 is 1.49. The van der Waals surface area contributed by atoms with Crippen molar-refractivity contribution in [2.24, 2.45) is 0 Å². The summed E-state index contributed by atoms with van der Waals surface area (Å²) in [6.45, 7) is 1.60. The number of Topliss-reactive ketones (excluding diaryl/α,β-unsaturated/α-hetero) is 1. The summed E-state index contributed by atoms with van der Waals surface area (Å²) in [6, 6.07) is 3.76. The van der Waals surface area contributed by atoms with Crippen LogP contribution in [-0.2, 0) is 4.79 Å². The van der Waals surface area contributed by atoms with Gasteiger partial charge in [0, 0.05) is 25.9 Å². The predicted octanol–water partition coefficient (Wildman–Crippen LogP) is 2.72. The topological polar surface area (TPSA) is 37.4 Å². The minimum atomic E-state index is 0.199. The second kappa shape index (κ2) is 5.96. The highest BCUT2D eigenvalue weighted by molar-refractivity contribution is 7.12. The molecule has 0 bridgehead atoms. The van der Waals surface area contributed by atoms with E-state index in [4.69, 9.17) is 0 Å². The van der Waals surface area contributed by atoms with E-state index < -0.39 is 0 Å². The van der Waals surface area contributed by atoms with Gasteiger partial charge in [-0.25, -0.2) is 0 Å². The standard InChI is InChI=1S/C13H17NO2S/c15-11(12-6-4-10-17-12)5-3-9-14-8-2-1-7-13(14)16/h4,6,10H,1-3,5,7-9H2. The Morgan fingerprint density at radius 3 is 3.00 bits per heavy atom. The van der Waals surface area contributed by atoms with Gasteiger partial charge in [-0.15, -0.1) is 11.3 Å². The van der Waals surface area contributed by atoms with E-state index in [0.717, 1.165) is 37.2 Å². The molecule has 0 saturated carbocycles. The van der Waals surface area contributed by atoms with Gasteiger partial charge in [-0.1, -0.05) is 6.07 Å². The van der Waals surface area contributed by atoms with E-state index in [9.17, 15) is 9.59 Å². The lowest BCUT2D eigenvalue weighted by atomic mass is 10.1. The number of thiophene rings is 1. The largest absolute Gasteiger partial charge is 0.343 e. The number of piperidine rings is 1. The first kappa shape index (κ1) is 12.3. The van der Waals surface area contributed by atoms with Crippen molar-refractivity contribution >= 4 is 23.0 Å². The average Bonchev–Trinajstić information content (AvgIpc) is 2.85. The van der Waals surface area contributed by atoms with E-state index in [2.05, 4.69) is 0 Å². The molecule has 4 heteroatoms. The van der Waals surface area contributed by atoms with E-state index in [0.29, 0.717) is 12.8 Å². The van der Waals surface area contributed by atoms with Crippen molar-refractivity contribution in [2.45, 2.75) is 32.1 Å². The van der Waals surface area contributed by atoms with Crippen LogP contribution in [0.3, 0.4) is 0 Å². The molecule has 1 aliphatic rings. The zero-order chi connectivity index (χ0) is 12.1. The quantitative estimate of drug-likeness (QED) is 0.755. The molecule has 1 aromatic heterocycles. The lowest BCUT2D eigenvalue weighted by Crippen LogP contribution is -2.36. The molecule has 0 atom stereocenters. The number of rotatable bonds is 5. The first-order chi connectivity index (χ1) is 8.27. The molecule has 0 N–H and O–H groups in total. The van der Waals surface area contributed by atoms with Gasteiger partial charge in [-0.3, -0.25) is 9.59 Å². The molecule has 1 fully saturated rings. The number of amides is 1. The molecule has 3 nitrogen and oxygen atoms in total. The maximum Gasteiger partial charge on any atom is 0.222 e. The van der Waals surface area contributed by atoms with Gasteiger partial charge in [0.05, 0.1) is 4.88 Å². The van der Waals surface area contributed by atoms with Crippen LogP contribution in [0.15, 0.2) is 17.5 Å². The van der Waals surface area contributed by atoms with Crippen LogP contribution >= 0.6 is 11.3 Å². The van der Waals surface area contributed by atoms with E-state index >= 15 is 0 Å². The summed E-state index contributed by atoms with van der Waals surface area (Å²) in [7, 11) is 0. The fourth-order valence-electron chi connectivity index (χ4n) is 2.09. The van der Waals surface area contributed by atoms with Crippen molar-refractivity contribution in [1.82, 2.24) is 4.90 Å². The Morgan fingerprint density at radius 2 is 2.29 bits per heavy atom. The van der Waals surface area contributed by atoms with Crippen molar-refractivity contribution < 1.29 is 9.59 Å². The van der Waals surface area contributed by atoms with Crippen LogP contribution in [-0.4, -0.2) is 29.7 Å². The maximum absolute atomic E-state index is 11.7. The van der Waals surface area contributed by atoms with Gasteiger partial charge in [0.2, 0.25) is 5.91 Å². The van der Waals surface area contributed by atoms with Crippen molar-refractivity contribution in [3.05, 3.63) is 22.4 Å². The third-order valence-electron chi connectivity index (χ3n) is 3.05. The molecule has 1 aliphatic heterocycles. The fourth-order valence-corrected chi connectivity index (χ4v) is 2.78. The van der Waals surface area contributed by atoms with E-state index in [1.54, 1.807) is 0 Å². The van der Waals surface area contributed by atoms with Gasteiger partial charge >= 0.3 is 0 Å². The fraction of sp³-hybridized carbons (Fsp3) is 0.538. The number of carbonyl (C=O) groups is 2. The zero-order valence-corrected chi connectivity index (χ0v) is 10.7. The van der Waals surface area contributed by atoms with Crippen molar-refractivity contribution in [3.8, 4) is 0 Å². The second-order valence-corrected chi connectivity index (χ2v) is 5.29. The van der Waals surface area contributed by atoms with Crippen LogP contribution < -0.4 is 0 Å². The van der Waals surface area contributed by atoms with Crippen LogP contribution in [0.2, 0.25) is 0 Å². The molecule has 0 aromatic carbocycles. The van der Waals surface area contributed by atoms with Gasteiger partial charge in [-0.2, -0.15) is 0 Å². The highest BCUT2D eigenvalue weighted by atomic mass is 32.1. The van der Waals surface area contributed by atoms with Crippen molar-refractivity contribution in [2.75, 3.05) is 13.1 Å². The van der Waals surface area contributed by atoms with Gasteiger partial charge in [0.25, 0.3) is 0 Å². The van der Waals surface area contributed by atoms with Crippen molar-refractivity contribution in [1.29, 1.82) is 0 Å². The monoisotopic (exact) mass is 251 g/mol. The van der Waals surface area contributed by atoms with Gasteiger partial charge in [0.15, 0.2) is 5.78 Å². The first-order valence-corrected chi connectivity index (χ1v) is 7.00. The Bertz CT molecular complexity index is 386. The predicted molar refractivity (Wildman–Crippen MR) is 68.3 cm³/mol. The highest BCUT2D eigenvalue weighted by Gasteiger charge is 2.17. The molecule has 92 valence electrons. The Hall–Kier alpha value is -1.16. The molecule has 1 aromatic rings. The van der Waals surface area contributed by atoms with Crippen LogP contribution in [0, 0.1) is 0 Å². The number of hydrogen-bond acceptors (Lipinski definition) is 3. The Labute approximate surface area is 105 Å². The van der Waals surface area contributed by atoms with Crippen LogP contribution in [0.25, 0.3) is 0 Å². The van der Waals surface area contributed by atoms with E-state index in [1.807, 2.05) is 22.4 Å². The SMILES string of the molecule is O=C(CCCN1CCCCC1=O)c1cccs1. The molecule has 2 rings (SSSR count). The summed E-state index contributed by atoms with van der Waals surface area (Å²) in [5, 5.41) is 1.92. The second-order valence-electron chi connectivity index (χ2n) is 4.34. The lowest BCUT2D eigenvalue weighted by molar-refractivity contribution is -0.133. The van der Waals surface area contributed by atoms with E-state index in [1.165, 1.54) is 11.3 Å². The number of nitrogens with zero attached hydrogens (tertiary/aromatic N) is 1. The number of hydrogen-bond donors (Lipinski definition) is 0. The average molecular weight is 251 g/mol. The molecule has 2 heterocycles. The molecule has 0 radical (unpaired) electrons. The summed E-state index contributed by atoms with van der Waals surface area (Å²) in [4.78, 5) is 26.0. The molecule has 1 amide bonds. The molecular weight excluding hydrogens is 234 g/mol. The van der Waals surface area contributed by atoms with Crippen LogP contribution in [0.4, 0.5) is 0 Å². The van der Waals surface area contributed by atoms with Crippen LogP contribution in [0.5, 0.6) is 0 Å². The van der Waals surface area contributed by atoms with Gasteiger partial charge in [-0.05, 0) is 30.7 Å². The van der Waals surface area contributed by atoms with E-state index in [-0.39, 0.29) is 11.7 Å². The third-order valence-corrected chi connectivity index (χ3v) is 3.96. The molecule has 1 saturated heterocycles. The highest BCUT2D eigenvalue weighted by Crippen LogP contribution is 2.14. The maximum atomic E-state index is 11.7. The minimum absolute atomic E-state index is 0.199. The smallest absolute Gasteiger partial charge is 0.222 e. The molecule has 0 unspecified atom stereocenters. The minimum Gasteiger partial charge on any atom is -0.343 e. The van der Waals surface area contributed by atoms with Crippen molar-refractivity contribution in [3.63, 3.8) is 0 Å². The summed E-state index contributed by atoms with van der Waals surface area (Å²) in [5.74, 6) is 0.448. The molecule has 0 aliphatic carbocycles. The Kier molecular flexibility index (Phi) is 4.31. The normalized spacial score (nSPS) is 16.2. The van der Waals surface area contributed by atoms with Gasteiger partial charge in [0.1, 0.15) is 0 Å². The Balaban J connectivity index is 1.72. The molecular formula is C13H17NO2S. The van der Waals surface area contributed by atoms with Crippen LogP contribution in [0.1, 0.15) is 41.8 Å². The summed E-state index contributed by atoms with van der Waals surface area (Å²) in [6.07, 6.45) is 4.12. The number of likely N-dealkylation sites (tertiary alicyclic amines) is 1. The first-order valence-electron chi connectivity index (χ1n) is 6.12. The lowest BCUT2D eigenvalue weighted by Gasteiger charge is -2.26. The Morgan fingerprint density at radius 1 is 1.41 bits per heavy atom. The third kappa shape index (κ3) is 3.40. The summed E-state index contributed by atoms with van der Waals surface area (Å²) < 4.78 is 0. The molecule has 0 spiro atoms. The molecule has 17 heavy (non-hydrogen) atoms. The number of ketones is 1. The zero-order valence-electron chi connectivity index (χ0n) is 9.85. The summed E-state index contributed by atoms with van der Waals surface area (Å²) in [5.41, 5.74) is 0. The number of carbonyl (C=O) groups excluding carboxylic acids is 2. The van der Waals surface area contributed by atoms with Gasteiger partial charge < -0.3 is 4.90 Å².